The molecule has 24 heavy (non-hydrogen) atoms. The molecule has 2 saturated carbocycles. The van der Waals surface area contributed by atoms with Gasteiger partial charge in [-0.05, 0) is 44.6 Å². The van der Waals surface area contributed by atoms with E-state index in [0.717, 1.165) is 38.5 Å². The Morgan fingerprint density at radius 1 is 1.04 bits per heavy atom. The van der Waals surface area contributed by atoms with Crippen LogP contribution in [-0.4, -0.2) is 49.1 Å². The molecular weight excluding hydrogens is 345 g/mol. The highest BCUT2D eigenvalue weighted by Crippen LogP contribution is 2.44. The number of hydrogen-bond donors (Lipinski definition) is 2. The zero-order chi connectivity index (χ0) is 15.0. The summed E-state index contributed by atoms with van der Waals surface area (Å²) < 4.78 is 0. The number of carbonyl (C=O) groups excluding carboxylic acids is 1. The van der Waals surface area contributed by atoms with E-state index in [9.17, 15) is 4.79 Å². The van der Waals surface area contributed by atoms with Gasteiger partial charge in [-0.25, -0.2) is 0 Å². The number of nitrogens with one attached hydrogen (secondary N) is 2. The van der Waals surface area contributed by atoms with Crippen molar-refractivity contribution >= 4 is 30.7 Å². The van der Waals surface area contributed by atoms with Crippen molar-refractivity contribution in [3.8, 4) is 0 Å². The van der Waals surface area contributed by atoms with Crippen LogP contribution in [0.5, 0.6) is 0 Å². The second-order valence-corrected chi connectivity index (χ2v) is 8.12. The molecule has 0 aromatic rings. The summed E-state index contributed by atoms with van der Waals surface area (Å²) in [6.45, 7) is 4.23. The summed E-state index contributed by atoms with van der Waals surface area (Å²) >= 11 is 0. The fourth-order valence-electron chi connectivity index (χ4n) is 5.53. The summed E-state index contributed by atoms with van der Waals surface area (Å²) in [5, 5.41) is 6.94. The average Bonchev–Trinajstić information content (AvgIpc) is 3.27. The van der Waals surface area contributed by atoms with Gasteiger partial charge in [0.05, 0.1) is 5.41 Å². The van der Waals surface area contributed by atoms with Gasteiger partial charge in [-0.1, -0.05) is 25.7 Å². The van der Waals surface area contributed by atoms with Gasteiger partial charge in [0.2, 0.25) is 5.91 Å². The number of fused-ring (bicyclic) bond motifs is 1. The molecule has 0 spiro atoms. The second kappa shape index (κ2) is 8.57. The van der Waals surface area contributed by atoms with Crippen molar-refractivity contribution < 1.29 is 4.79 Å². The molecule has 1 unspecified atom stereocenters. The van der Waals surface area contributed by atoms with E-state index >= 15 is 0 Å². The van der Waals surface area contributed by atoms with Gasteiger partial charge in [-0.15, -0.1) is 24.8 Å². The maximum atomic E-state index is 13.0. The lowest BCUT2D eigenvalue weighted by molar-refractivity contribution is -0.134. The van der Waals surface area contributed by atoms with Crippen molar-refractivity contribution in [2.24, 2.45) is 11.3 Å². The van der Waals surface area contributed by atoms with Crippen LogP contribution in [0, 0.1) is 11.3 Å². The van der Waals surface area contributed by atoms with Crippen molar-refractivity contribution in [2.45, 2.75) is 69.9 Å². The van der Waals surface area contributed by atoms with Crippen molar-refractivity contribution in [1.82, 2.24) is 15.5 Å². The van der Waals surface area contributed by atoms with Gasteiger partial charge in [0, 0.05) is 31.7 Å². The lowest BCUT2D eigenvalue weighted by Crippen LogP contribution is -2.51. The van der Waals surface area contributed by atoms with Crippen LogP contribution in [0.15, 0.2) is 0 Å². The normalized spacial score (nSPS) is 36.7. The molecule has 2 N–H and O–H groups in total. The maximum Gasteiger partial charge on any atom is 0.228 e. The molecule has 2 heterocycles. The van der Waals surface area contributed by atoms with Crippen LogP contribution in [0.3, 0.4) is 0 Å². The van der Waals surface area contributed by atoms with E-state index in [-0.39, 0.29) is 30.2 Å². The lowest BCUT2D eigenvalue weighted by atomic mass is 9.67. The molecule has 4 aliphatic rings. The Hall–Kier alpha value is -0.0300. The summed E-state index contributed by atoms with van der Waals surface area (Å²) in [6, 6.07) is 1.20. The van der Waals surface area contributed by atoms with Crippen molar-refractivity contribution in [1.29, 1.82) is 0 Å². The van der Waals surface area contributed by atoms with Gasteiger partial charge in [0.15, 0.2) is 0 Å². The number of hydrogen-bond acceptors (Lipinski definition) is 3. The van der Waals surface area contributed by atoms with E-state index in [0.29, 0.717) is 17.9 Å². The smallest absolute Gasteiger partial charge is 0.228 e. The van der Waals surface area contributed by atoms with E-state index in [4.69, 9.17) is 0 Å². The monoisotopic (exact) mass is 377 g/mol. The summed E-state index contributed by atoms with van der Waals surface area (Å²) in [6.07, 6.45) is 11.5. The topological polar surface area (TPSA) is 44.4 Å². The number of nitrogens with zero attached hydrogens (tertiary/aromatic N) is 1. The van der Waals surface area contributed by atoms with Gasteiger partial charge in [0.25, 0.3) is 0 Å². The first-order valence-electron chi connectivity index (χ1n) is 9.54. The third kappa shape index (κ3) is 3.72. The standard InChI is InChI=1S/C18H31N3O.2ClH/c22-17(18-9-4-3-5-14(18)11-19-13-18)20-15-8-10-21(12-15)16-6-1-2-7-16;;/h14-16,19H,1-13H2,(H,20,22);2*1H/t14-,15?,18+;;/m0../s1. The van der Waals surface area contributed by atoms with Gasteiger partial charge in [-0.3, -0.25) is 9.69 Å². The zero-order valence-electron chi connectivity index (χ0n) is 14.6. The molecule has 0 aromatic heterocycles. The van der Waals surface area contributed by atoms with E-state index in [1.54, 1.807) is 0 Å². The molecule has 2 aliphatic carbocycles. The van der Waals surface area contributed by atoms with Crippen LogP contribution >= 0.6 is 24.8 Å². The van der Waals surface area contributed by atoms with Gasteiger partial charge in [0.1, 0.15) is 0 Å². The summed E-state index contributed by atoms with van der Waals surface area (Å²) in [5.74, 6) is 0.939. The van der Waals surface area contributed by atoms with Crippen LogP contribution in [0.2, 0.25) is 0 Å². The maximum absolute atomic E-state index is 13.0. The second-order valence-electron chi connectivity index (χ2n) is 8.12. The van der Waals surface area contributed by atoms with E-state index in [1.807, 2.05) is 0 Å². The van der Waals surface area contributed by atoms with Crippen LogP contribution in [0.25, 0.3) is 0 Å². The third-order valence-corrected chi connectivity index (χ3v) is 6.89. The number of amides is 1. The zero-order valence-corrected chi connectivity index (χ0v) is 16.2. The van der Waals surface area contributed by atoms with E-state index < -0.39 is 0 Å². The molecule has 4 fully saturated rings. The fourth-order valence-corrected chi connectivity index (χ4v) is 5.53. The highest BCUT2D eigenvalue weighted by Gasteiger charge is 2.50. The number of carbonyl (C=O) groups is 1. The highest BCUT2D eigenvalue weighted by molar-refractivity contribution is 5.85. The minimum absolute atomic E-state index is 0. The Bertz CT molecular complexity index is 430. The quantitative estimate of drug-likeness (QED) is 0.794. The predicted molar refractivity (Wildman–Crippen MR) is 102 cm³/mol. The fraction of sp³-hybridized carbons (Fsp3) is 0.944. The number of likely N-dealkylation sites (tertiary alicyclic amines) is 1. The minimum atomic E-state index is -0.0843. The summed E-state index contributed by atoms with van der Waals surface area (Å²) in [7, 11) is 0. The molecule has 4 rings (SSSR count). The Morgan fingerprint density at radius 3 is 2.58 bits per heavy atom. The first kappa shape index (κ1) is 20.3. The third-order valence-electron chi connectivity index (χ3n) is 6.89. The molecular formula is C18H33Cl2N3O. The first-order valence-corrected chi connectivity index (χ1v) is 9.54. The number of rotatable bonds is 3. The SMILES string of the molecule is Cl.Cl.O=C(NC1CCN(C2CCCC2)C1)[C@@]12CCCC[C@H]1CNC2. The molecule has 6 heteroatoms. The van der Waals surface area contributed by atoms with Gasteiger partial charge in [-0.2, -0.15) is 0 Å². The largest absolute Gasteiger partial charge is 0.351 e. The van der Waals surface area contributed by atoms with Crippen molar-refractivity contribution in [2.75, 3.05) is 26.2 Å². The molecule has 2 saturated heterocycles. The Kier molecular flexibility index (Phi) is 7.24. The Morgan fingerprint density at radius 2 is 1.79 bits per heavy atom. The Balaban J connectivity index is 0.00000104. The van der Waals surface area contributed by atoms with Crippen LogP contribution in [0.4, 0.5) is 0 Å². The molecule has 0 radical (unpaired) electrons. The van der Waals surface area contributed by atoms with Crippen molar-refractivity contribution in [3.63, 3.8) is 0 Å². The number of halogens is 2. The highest BCUT2D eigenvalue weighted by atomic mass is 35.5. The minimum Gasteiger partial charge on any atom is -0.351 e. The Labute approximate surface area is 158 Å². The van der Waals surface area contributed by atoms with Crippen LogP contribution in [-0.2, 0) is 4.79 Å². The van der Waals surface area contributed by atoms with Gasteiger partial charge < -0.3 is 10.6 Å². The molecule has 2 aliphatic heterocycles. The average molecular weight is 378 g/mol. The lowest BCUT2D eigenvalue weighted by Gasteiger charge is -2.38. The van der Waals surface area contributed by atoms with Crippen LogP contribution < -0.4 is 10.6 Å². The van der Waals surface area contributed by atoms with Gasteiger partial charge >= 0.3 is 0 Å². The predicted octanol–water partition coefficient (Wildman–Crippen LogP) is 2.74. The van der Waals surface area contributed by atoms with Crippen molar-refractivity contribution in [3.05, 3.63) is 0 Å². The molecule has 1 amide bonds. The molecule has 140 valence electrons. The van der Waals surface area contributed by atoms with E-state index in [2.05, 4.69) is 15.5 Å². The molecule has 0 bridgehead atoms. The molecule has 0 aromatic carbocycles. The molecule has 4 nitrogen and oxygen atoms in total. The summed E-state index contributed by atoms with van der Waals surface area (Å²) in [4.78, 5) is 15.7. The van der Waals surface area contributed by atoms with Crippen LogP contribution in [0.1, 0.15) is 57.8 Å². The summed E-state index contributed by atoms with van der Waals surface area (Å²) in [5.41, 5.74) is -0.0843. The van der Waals surface area contributed by atoms with E-state index in [1.165, 1.54) is 51.5 Å². The first-order chi connectivity index (χ1) is 10.8. The molecule has 3 atom stereocenters.